The van der Waals surface area contributed by atoms with Gasteiger partial charge in [0.15, 0.2) is 0 Å². The van der Waals surface area contributed by atoms with Crippen molar-refractivity contribution in [2.24, 2.45) is 0 Å². The molecule has 0 fully saturated rings. The standard InChI is InChI=1S/C6H14O.C4H9.Li/c1-2-3-4-5-6-7;1-3-4-2;/h7H,2-6H2,1H3;1,3-4H2,2H3;. The van der Waals surface area contributed by atoms with E-state index in [1.54, 1.807) is 0 Å². The van der Waals surface area contributed by atoms with Crippen LogP contribution in [0.4, 0.5) is 0 Å². The van der Waals surface area contributed by atoms with Crippen molar-refractivity contribution in [3.05, 3.63) is 0 Å². The predicted molar refractivity (Wildman–Crippen MR) is 56.7 cm³/mol. The van der Waals surface area contributed by atoms with Gasteiger partial charge >= 0.3 is 42.6 Å². The molecule has 0 saturated carbocycles. The minimum absolute atomic E-state index is 0.361. The third kappa shape index (κ3) is 22.4. The Balaban J connectivity index is 0. The fourth-order valence-electron chi connectivity index (χ4n) is 0.892. The quantitative estimate of drug-likeness (QED) is 0.475. The van der Waals surface area contributed by atoms with Crippen molar-refractivity contribution in [2.75, 3.05) is 6.61 Å². The second kappa shape index (κ2) is 17.6. The summed E-state index contributed by atoms with van der Waals surface area (Å²) >= 11 is 2.21. The third-order valence-electron chi connectivity index (χ3n) is 1.72. The van der Waals surface area contributed by atoms with Gasteiger partial charge in [-0.25, -0.2) is 0 Å². The fourth-order valence-corrected chi connectivity index (χ4v) is 0.892. The Labute approximate surface area is 87.1 Å². The van der Waals surface area contributed by atoms with Gasteiger partial charge in [0, 0.05) is 6.61 Å². The molecule has 0 aromatic heterocycles. The molecule has 0 aliphatic heterocycles. The van der Waals surface area contributed by atoms with Crippen LogP contribution < -0.4 is 0 Å². The number of unbranched alkanes of at least 4 members (excludes halogenated alkanes) is 4. The first-order valence-electron chi connectivity index (χ1n) is 5.44. The van der Waals surface area contributed by atoms with Gasteiger partial charge in [0.05, 0.1) is 0 Å². The van der Waals surface area contributed by atoms with Gasteiger partial charge in [-0.2, -0.15) is 0 Å². The van der Waals surface area contributed by atoms with Crippen molar-refractivity contribution in [3.8, 4) is 0 Å². The Hall–Kier alpha value is 0.557. The average molecular weight is 166 g/mol. The molecule has 0 amide bonds. The van der Waals surface area contributed by atoms with Crippen LogP contribution in [0.2, 0.25) is 5.09 Å². The Kier molecular flexibility index (Phi) is 22.1. The van der Waals surface area contributed by atoms with E-state index in [1.807, 2.05) is 0 Å². The molecule has 0 unspecified atom stereocenters. The van der Waals surface area contributed by atoms with Crippen molar-refractivity contribution in [3.63, 3.8) is 0 Å². The van der Waals surface area contributed by atoms with E-state index >= 15 is 0 Å². The van der Waals surface area contributed by atoms with Gasteiger partial charge in [0.1, 0.15) is 0 Å². The second-order valence-corrected chi connectivity index (χ2v) is 3.14. The third-order valence-corrected chi connectivity index (χ3v) is 1.72. The molecule has 0 rings (SSSR count). The maximum absolute atomic E-state index is 8.29. The van der Waals surface area contributed by atoms with Crippen LogP contribution in [0.1, 0.15) is 52.4 Å². The van der Waals surface area contributed by atoms with Crippen molar-refractivity contribution in [2.45, 2.75) is 57.5 Å². The molecule has 0 bridgehead atoms. The Morgan fingerprint density at radius 3 is 1.75 bits per heavy atom. The first-order valence-corrected chi connectivity index (χ1v) is 5.44. The van der Waals surface area contributed by atoms with Crippen molar-refractivity contribution >= 4 is 17.7 Å². The Morgan fingerprint density at radius 2 is 1.50 bits per heavy atom. The first kappa shape index (κ1) is 15.0. The fraction of sp³-hybridized carbons (Fsp3) is 1.00. The number of aliphatic hydroxyl groups excluding tert-OH is 1. The molecule has 12 heavy (non-hydrogen) atoms. The molecule has 1 N–H and O–H groups in total. The van der Waals surface area contributed by atoms with Gasteiger partial charge in [0.2, 0.25) is 0 Å². The first-order chi connectivity index (χ1) is 5.83. The van der Waals surface area contributed by atoms with Gasteiger partial charge in [0.25, 0.3) is 0 Å². The molecular formula is C10H23LiO. The summed E-state index contributed by atoms with van der Waals surface area (Å²) in [7, 11) is 0. The van der Waals surface area contributed by atoms with E-state index in [4.69, 9.17) is 5.11 Å². The van der Waals surface area contributed by atoms with E-state index in [0.29, 0.717) is 6.61 Å². The molecular weight excluding hydrogens is 143 g/mol. The van der Waals surface area contributed by atoms with Crippen LogP contribution in [0.5, 0.6) is 0 Å². The second-order valence-electron chi connectivity index (χ2n) is 3.14. The molecule has 0 heterocycles. The summed E-state index contributed by atoms with van der Waals surface area (Å²) in [5, 5.41) is 9.64. The van der Waals surface area contributed by atoms with Crippen LogP contribution in [0, 0.1) is 0 Å². The summed E-state index contributed by atoms with van der Waals surface area (Å²) in [6.07, 6.45) is 7.41. The van der Waals surface area contributed by atoms with E-state index in [1.165, 1.54) is 37.2 Å². The van der Waals surface area contributed by atoms with E-state index in [2.05, 4.69) is 31.6 Å². The molecule has 0 atom stereocenters. The van der Waals surface area contributed by atoms with E-state index in [-0.39, 0.29) is 0 Å². The minimum atomic E-state index is 0.361. The zero-order valence-electron chi connectivity index (χ0n) is 9.10. The number of hydrogen-bond acceptors (Lipinski definition) is 1. The van der Waals surface area contributed by atoms with Crippen molar-refractivity contribution < 1.29 is 5.11 Å². The van der Waals surface area contributed by atoms with Crippen LogP contribution in [-0.2, 0) is 0 Å². The molecule has 0 radical (unpaired) electrons. The average Bonchev–Trinajstić information content (AvgIpc) is 2.08. The number of aliphatic hydroxyl groups is 1. The molecule has 0 aromatic carbocycles. The van der Waals surface area contributed by atoms with Crippen molar-refractivity contribution in [1.82, 2.24) is 0 Å². The van der Waals surface area contributed by atoms with Crippen molar-refractivity contribution in [1.29, 1.82) is 0 Å². The molecule has 1 nitrogen and oxygen atoms in total. The SMILES string of the molecule is CCCCCCO.[Li][CH2]CCC. The monoisotopic (exact) mass is 166 g/mol. The van der Waals surface area contributed by atoms with Gasteiger partial charge in [-0.15, -0.1) is 0 Å². The summed E-state index contributed by atoms with van der Waals surface area (Å²) in [4.78, 5) is 0. The van der Waals surface area contributed by atoms with Crippen LogP contribution in [0.3, 0.4) is 0 Å². The van der Waals surface area contributed by atoms with Crippen LogP contribution in [0.15, 0.2) is 0 Å². The topological polar surface area (TPSA) is 20.2 Å². The zero-order chi connectivity index (χ0) is 9.66. The predicted octanol–water partition coefficient (Wildman–Crippen LogP) is 2.93. The van der Waals surface area contributed by atoms with Gasteiger partial charge in [-0.05, 0) is 6.42 Å². The molecule has 2 heteroatoms. The molecule has 70 valence electrons. The maximum atomic E-state index is 8.29. The van der Waals surface area contributed by atoms with Crippen LogP contribution >= 0.6 is 0 Å². The Bertz CT molecular complexity index is 51.8. The summed E-state index contributed by atoms with van der Waals surface area (Å²) in [6.45, 7) is 4.74. The molecule has 0 saturated heterocycles. The van der Waals surface area contributed by atoms with Gasteiger partial charge in [-0.1, -0.05) is 26.2 Å². The summed E-state index contributed by atoms with van der Waals surface area (Å²) in [5.74, 6) is 0. The number of rotatable bonds is 6. The van der Waals surface area contributed by atoms with Crippen LogP contribution in [-0.4, -0.2) is 29.4 Å². The van der Waals surface area contributed by atoms with Crippen LogP contribution in [0.25, 0.3) is 0 Å². The molecule has 0 aliphatic carbocycles. The Morgan fingerprint density at radius 1 is 0.917 bits per heavy atom. The molecule has 0 aliphatic rings. The summed E-state index contributed by atoms with van der Waals surface area (Å²) in [5.41, 5.74) is 0. The van der Waals surface area contributed by atoms with E-state index in [9.17, 15) is 0 Å². The zero-order valence-corrected chi connectivity index (χ0v) is 9.10. The van der Waals surface area contributed by atoms with E-state index < -0.39 is 0 Å². The van der Waals surface area contributed by atoms with Gasteiger partial charge in [-0.3, -0.25) is 0 Å². The summed E-state index contributed by atoms with van der Waals surface area (Å²) in [6, 6.07) is 0. The summed E-state index contributed by atoms with van der Waals surface area (Å²) < 4.78 is 0. The number of hydrogen-bond donors (Lipinski definition) is 1. The van der Waals surface area contributed by atoms with Gasteiger partial charge < -0.3 is 5.11 Å². The normalized spacial score (nSPS) is 9.08. The molecule has 0 aromatic rings. The molecule has 0 spiro atoms. The van der Waals surface area contributed by atoms with E-state index in [0.717, 1.165) is 6.42 Å².